The molecule has 9 nitrogen and oxygen atoms in total. The minimum absolute atomic E-state index is 0.461. The van der Waals surface area contributed by atoms with Crippen LogP contribution >= 0.6 is 0 Å². The number of H-pyrrole nitrogens is 1. The van der Waals surface area contributed by atoms with E-state index in [1.165, 1.54) is 5.69 Å². The lowest BCUT2D eigenvalue weighted by Gasteiger charge is -2.28. The molecule has 146 valence electrons. The number of aromatic nitrogens is 5. The van der Waals surface area contributed by atoms with Crippen molar-refractivity contribution >= 4 is 40.0 Å². The summed E-state index contributed by atoms with van der Waals surface area (Å²) >= 11 is 0. The van der Waals surface area contributed by atoms with E-state index < -0.39 is 0 Å². The van der Waals surface area contributed by atoms with Crippen LogP contribution in [0.3, 0.4) is 0 Å². The van der Waals surface area contributed by atoms with E-state index in [0.717, 1.165) is 43.2 Å². The summed E-state index contributed by atoms with van der Waals surface area (Å²) in [5, 5.41) is 6.56. The average molecular weight is 388 g/mol. The predicted octanol–water partition coefficient (Wildman–Crippen LogP) is 3.07. The van der Waals surface area contributed by atoms with E-state index in [-0.39, 0.29) is 0 Å². The highest BCUT2D eigenvalue weighted by atomic mass is 16.5. The van der Waals surface area contributed by atoms with Crippen LogP contribution in [-0.4, -0.2) is 51.2 Å². The molecule has 0 saturated carbocycles. The number of nitrogens with one attached hydrogen (secondary N) is 3. The van der Waals surface area contributed by atoms with E-state index in [1.807, 2.05) is 24.3 Å². The van der Waals surface area contributed by atoms with Gasteiger partial charge in [-0.25, -0.2) is 4.98 Å². The number of aromatic amines is 1. The van der Waals surface area contributed by atoms with Crippen LogP contribution in [0.15, 0.2) is 55.1 Å². The largest absolute Gasteiger partial charge is 0.378 e. The van der Waals surface area contributed by atoms with Gasteiger partial charge in [-0.2, -0.15) is 9.97 Å². The molecule has 5 rings (SSSR count). The minimum atomic E-state index is 0.461. The van der Waals surface area contributed by atoms with Gasteiger partial charge in [-0.1, -0.05) is 0 Å². The number of hydrogen-bond donors (Lipinski definition) is 3. The molecule has 9 heteroatoms. The van der Waals surface area contributed by atoms with Gasteiger partial charge in [-0.15, -0.1) is 0 Å². The van der Waals surface area contributed by atoms with Crippen LogP contribution in [0.2, 0.25) is 0 Å². The topological polar surface area (TPSA) is 104 Å². The van der Waals surface area contributed by atoms with Crippen molar-refractivity contribution in [1.82, 2.24) is 24.9 Å². The quantitative estimate of drug-likeness (QED) is 0.479. The number of ether oxygens (including phenoxy) is 1. The van der Waals surface area contributed by atoms with Gasteiger partial charge in [0.1, 0.15) is 5.52 Å². The second kappa shape index (κ2) is 7.72. The maximum Gasteiger partial charge on any atom is 0.231 e. The fourth-order valence-electron chi connectivity index (χ4n) is 3.26. The van der Waals surface area contributed by atoms with Crippen LogP contribution in [0, 0.1) is 0 Å². The number of anilines is 5. The molecule has 0 bridgehead atoms. The minimum Gasteiger partial charge on any atom is -0.378 e. The number of imidazole rings is 1. The molecular weight excluding hydrogens is 368 g/mol. The Hall–Kier alpha value is -3.72. The number of hydrogen-bond acceptors (Lipinski definition) is 8. The SMILES string of the molecule is c1cc(Nc2nc(Nc3ccc(N4CCOCC4)cc3)c3[nH]cnc3n2)ccn1. The summed E-state index contributed by atoms with van der Waals surface area (Å²) in [4.78, 5) is 22.8. The third-order valence-electron chi connectivity index (χ3n) is 4.73. The monoisotopic (exact) mass is 388 g/mol. The Morgan fingerprint density at radius 2 is 1.66 bits per heavy atom. The molecule has 29 heavy (non-hydrogen) atoms. The number of fused-ring (bicyclic) bond motifs is 1. The molecule has 4 aromatic rings. The summed E-state index contributed by atoms with van der Waals surface area (Å²) in [7, 11) is 0. The van der Waals surface area contributed by atoms with Crippen molar-refractivity contribution in [1.29, 1.82) is 0 Å². The number of pyridine rings is 1. The zero-order valence-electron chi connectivity index (χ0n) is 15.7. The van der Waals surface area contributed by atoms with Crippen LogP contribution < -0.4 is 15.5 Å². The van der Waals surface area contributed by atoms with Crippen LogP contribution in [0.4, 0.5) is 28.8 Å². The summed E-state index contributed by atoms with van der Waals surface area (Å²) in [6, 6.07) is 12.0. The molecule has 0 spiro atoms. The first-order chi connectivity index (χ1) is 14.3. The van der Waals surface area contributed by atoms with Gasteiger partial charge in [0.15, 0.2) is 11.5 Å². The van der Waals surface area contributed by atoms with Gasteiger partial charge < -0.3 is 25.3 Å². The van der Waals surface area contributed by atoms with Gasteiger partial charge >= 0.3 is 0 Å². The fourth-order valence-corrected chi connectivity index (χ4v) is 3.26. The number of morpholine rings is 1. The first-order valence-corrected chi connectivity index (χ1v) is 9.43. The van der Waals surface area contributed by atoms with E-state index in [1.54, 1.807) is 18.7 Å². The van der Waals surface area contributed by atoms with E-state index in [9.17, 15) is 0 Å². The lowest BCUT2D eigenvalue weighted by Crippen LogP contribution is -2.36. The zero-order chi connectivity index (χ0) is 19.5. The normalized spacial score (nSPS) is 14.1. The smallest absolute Gasteiger partial charge is 0.231 e. The lowest BCUT2D eigenvalue weighted by molar-refractivity contribution is 0.122. The van der Waals surface area contributed by atoms with Crippen molar-refractivity contribution in [3.8, 4) is 0 Å². The molecule has 4 heterocycles. The molecule has 1 saturated heterocycles. The molecular formula is C20H20N8O. The highest BCUT2D eigenvalue weighted by molar-refractivity contribution is 5.86. The van der Waals surface area contributed by atoms with E-state index in [2.05, 4.69) is 52.6 Å². The molecule has 1 aliphatic rings. The summed E-state index contributed by atoms with van der Waals surface area (Å²) in [5.74, 6) is 1.12. The van der Waals surface area contributed by atoms with Crippen molar-refractivity contribution in [2.45, 2.75) is 0 Å². The van der Waals surface area contributed by atoms with Gasteiger partial charge in [0.2, 0.25) is 5.95 Å². The van der Waals surface area contributed by atoms with Crippen LogP contribution in [0.5, 0.6) is 0 Å². The first-order valence-electron chi connectivity index (χ1n) is 9.43. The van der Waals surface area contributed by atoms with Gasteiger partial charge in [0, 0.05) is 42.5 Å². The van der Waals surface area contributed by atoms with Gasteiger partial charge in [0.25, 0.3) is 0 Å². The second-order valence-corrected chi connectivity index (χ2v) is 6.63. The number of nitrogens with zero attached hydrogens (tertiary/aromatic N) is 5. The first kappa shape index (κ1) is 17.4. The van der Waals surface area contributed by atoms with Gasteiger partial charge in [0.05, 0.1) is 19.5 Å². The Kier molecular flexibility index (Phi) is 4.63. The molecule has 0 aliphatic carbocycles. The lowest BCUT2D eigenvalue weighted by atomic mass is 10.2. The molecule has 0 unspecified atom stereocenters. The maximum atomic E-state index is 5.42. The molecule has 1 fully saturated rings. The Bertz CT molecular complexity index is 1090. The molecule has 3 aromatic heterocycles. The Balaban J connectivity index is 1.40. The molecule has 0 atom stereocenters. The third kappa shape index (κ3) is 3.81. The summed E-state index contributed by atoms with van der Waals surface area (Å²) in [5.41, 5.74) is 4.32. The van der Waals surface area contributed by atoms with Crippen molar-refractivity contribution in [2.75, 3.05) is 41.8 Å². The van der Waals surface area contributed by atoms with Crippen LogP contribution in [0.1, 0.15) is 0 Å². The number of benzene rings is 1. The van der Waals surface area contributed by atoms with E-state index in [0.29, 0.717) is 17.4 Å². The van der Waals surface area contributed by atoms with Crippen molar-refractivity contribution in [3.63, 3.8) is 0 Å². The van der Waals surface area contributed by atoms with Crippen molar-refractivity contribution < 1.29 is 4.74 Å². The third-order valence-corrected chi connectivity index (χ3v) is 4.73. The van der Waals surface area contributed by atoms with E-state index >= 15 is 0 Å². The molecule has 1 aliphatic heterocycles. The van der Waals surface area contributed by atoms with E-state index in [4.69, 9.17) is 4.74 Å². The number of rotatable bonds is 5. The predicted molar refractivity (Wildman–Crippen MR) is 112 cm³/mol. The standard InChI is InChI=1S/C20H20N8O/c1-3-16(28-9-11-29-12-10-28)4-2-14(1)24-19-17-18(23-13-22-17)26-20(27-19)25-15-5-7-21-8-6-15/h1-8,13H,9-12H2,(H3,21,22,23,24,25,26,27). The Morgan fingerprint density at radius 3 is 2.45 bits per heavy atom. The Labute approximate surface area is 167 Å². The highest BCUT2D eigenvalue weighted by Gasteiger charge is 2.13. The average Bonchev–Trinajstić information content (AvgIpc) is 3.25. The molecule has 3 N–H and O–H groups in total. The molecule has 0 radical (unpaired) electrons. The van der Waals surface area contributed by atoms with Gasteiger partial charge in [-0.3, -0.25) is 4.98 Å². The fraction of sp³-hybridized carbons (Fsp3) is 0.200. The molecule has 0 amide bonds. The highest BCUT2D eigenvalue weighted by Crippen LogP contribution is 2.26. The maximum absolute atomic E-state index is 5.42. The summed E-state index contributed by atoms with van der Waals surface area (Å²) < 4.78 is 5.42. The summed E-state index contributed by atoms with van der Waals surface area (Å²) in [6.07, 6.45) is 5.04. The second-order valence-electron chi connectivity index (χ2n) is 6.63. The van der Waals surface area contributed by atoms with Crippen molar-refractivity contribution in [2.24, 2.45) is 0 Å². The zero-order valence-corrected chi connectivity index (χ0v) is 15.7. The van der Waals surface area contributed by atoms with Gasteiger partial charge in [-0.05, 0) is 36.4 Å². The van der Waals surface area contributed by atoms with Crippen LogP contribution in [-0.2, 0) is 4.74 Å². The Morgan fingerprint density at radius 1 is 0.897 bits per heavy atom. The van der Waals surface area contributed by atoms with Crippen LogP contribution in [0.25, 0.3) is 11.2 Å². The summed E-state index contributed by atoms with van der Waals surface area (Å²) in [6.45, 7) is 3.37. The molecule has 1 aromatic carbocycles. The van der Waals surface area contributed by atoms with Crippen molar-refractivity contribution in [3.05, 3.63) is 55.1 Å².